The molecule has 12 rings (SSSR count). The third kappa shape index (κ3) is 13.7. The van der Waals surface area contributed by atoms with Gasteiger partial charge in [0.1, 0.15) is 22.5 Å². The van der Waals surface area contributed by atoms with E-state index in [0.717, 1.165) is 142 Å². The summed E-state index contributed by atoms with van der Waals surface area (Å²) in [5, 5.41) is 2.48. The second kappa shape index (κ2) is 29.1. The molecule has 0 radical (unpaired) electrons. The molecule has 3 heterocycles. The SMILES string of the molecule is CCN(CC)c1ccc(/C=C(\C)c2ccc(N(c3ccc(-c4cc5ccc(N(CC)CC)cc5oc4=O)cc3)c3ccc(N(c4ccc(-c5cc6ccc(N(CC)CC)cc6oc5=O)cc4)c4ccc(-c5cc6ccc(N(CC)CC)cc6oc5=O)cc4)cc3)cc2)c(OC=O)c1. The fourth-order valence-corrected chi connectivity index (χ4v) is 13.0. The third-order valence-corrected chi connectivity index (χ3v) is 18.5. The Labute approximate surface area is 565 Å². The summed E-state index contributed by atoms with van der Waals surface area (Å²) in [6.07, 6.45) is 2.03. The maximum Gasteiger partial charge on any atom is 0.344 e. The number of hydrogen-bond acceptors (Lipinski definition) is 14. The Morgan fingerprint density at radius 1 is 0.340 bits per heavy atom. The fraction of sp³-hybridized carbons (Fsp3) is 0.205. The van der Waals surface area contributed by atoms with Crippen molar-refractivity contribution < 1.29 is 22.8 Å². The van der Waals surface area contributed by atoms with Gasteiger partial charge < -0.3 is 47.4 Å². The van der Waals surface area contributed by atoms with Gasteiger partial charge in [0.05, 0.1) is 16.7 Å². The number of benzene rings is 9. The first-order valence-electron chi connectivity index (χ1n) is 33.6. The molecule has 97 heavy (non-hydrogen) atoms. The van der Waals surface area contributed by atoms with E-state index in [1.807, 2.05) is 159 Å². The average Bonchev–Trinajstić information content (AvgIpc) is 0.803. The highest BCUT2D eigenvalue weighted by molar-refractivity contribution is 5.91. The number of rotatable bonds is 25. The van der Waals surface area contributed by atoms with Crippen LogP contribution in [0.15, 0.2) is 240 Å². The molecule has 0 saturated heterocycles. The highest BCUT2D eigenvalue weighted by Crippen LogP contribution is 2.42. The van der Waals surface area contributed by atoms with Crippen LogP contribution < -0.4 is 51.0 Å². The number of allylic oxidation sites excluding steroid dienone is 1. The van der Waals surface area contributed by atoms with Gasteiger partial charge in [0.2, 0.25) is 0 Å². The number of carbonyl (C=O) groups is 1. The number of anilines is 10. The smallest absolute Gasteiger partial charge is 0.344 e. The van der Waals surface area contributed by atoms with E-state index >= 15 is 0 Å². The van der Waals surface area contributed by atoms with Crippen LogP contribution >= 0.6 is 0 Å². The maximum absolute atomic E-state index is 13.8. The van der Waals surface area contributed by atoms with E-state index in [4.69, 9.17) is 18.0 Å². The lowest BCUT2D eigenvalue weighted by Gasteiger charge is -2.29. The Morgan fingerprint density at radius 2 is 0.608 bits per heavy atom. The lowest BCUT2D eigenvalue weighted by atomic mass is 10.0. The predicted octanol–water partition coefficient (Wildman–Crippen LogP) is 19.4. The number of ether oxygens (including phenoxy) is 1. The van der Waals surface area contributed by atoms with Crippen LogP contribution in [0.5, 0.6) is 5.75 Å². The van der Waals surface area contributed by atoms with Crippen LogP contribution in [0.3, 0.4) is 0 Å². The quantitative estimate of drug-likeness (QED) is 0.0305. The molecular weight excluding hydrogens is 1210 g/mol. The summed E-state index contributed by atoms with van der Waals surface area (Å²) in [5.74, 6) is 0.478. The molecular formula is C83H80N6O8. The molecule has 0 bridgehead atoms. The first kappa shape index (κ1) is 65.7. The van der Waals surface area contributed by atoms with Crippen molar-refractivity contribution in [1.29, 1.82) is 0 Å². The Morgan fingerprint density at radius 3 is 0.907 bits per heavy atom. The van der Waals surface area contributed by atoms with Gasteiger partial charge in [-0.3, -0.25) is 4.79 Å². The van der Waals surface area contributed by atoms with Crippen molar-refractivity contribution in [3.63, 3.8) is 0 Å². The van der Waals surface area contributed by atoms with Gasteiger partial charge in [0, 0.05) is 155 Å². The molecule has 0 aliphatic heterocycles. The maximum atomic E-state index is 13.8. The minimum atomic E-state index is -0.427. The van der Waals surface area contributed by atoms with Crippen molar-refractivity contribution in [3.8, 4) is 39.1 Å². The van der Waals surface area contributed by atoms with Gasteiger partial charge in [0.25, 0.3) is 6.47 Å². The van der Waals surface area contributed by atoms with E-state index in [1.54, 1.807) is 0 Å². The lowest BCUT2D eigenvalue weighted by Crippen LogP contribution is -2.21. The zero-order valence-corrected chi connectivity index (χ0v) is 56.5. The van der Waals surface area contributed by atoms with Crippen molar-refractivity contribution in [2.45, 2.75) is 62.3 Å². The summed E-state index contributed by atoms with van der Waals surface area (Å²) in [5.41, 5.74) is 15.5. The highest BCUT2D eigenvalue weighted by atomic mass is 16.5. The molecule has 0 saturated carbocycles. The van der Waals surface area contributed by atoms with Gasteiger partial charge in [-0.15, -0.1) is 0 Å². The van der Waals surface area contributed by atoms with E-state index in [1.165, 1.54) is 0 Å². The monoisotopic (exact) mass is 1290 g/mol. The minimum Gasteiger partial charge on any atom is -0.428 e. The van der Waals surface area contributed by atoms with Gasteiger partial charge in [-0.25, -0.2) is 14.4 Å². The molecule has 0 aliphatic carbocycles. The van der Waals surface area contributed by atoms with E-state index < -0.39 is 16.9 Å². The van der Waals surface area contributed by atoms with Crippen molar-refractivity contribution in [1.82, 2.24) is 0 Å². The summed E-state index contributed by atoms with van der Waals surface area (Å²) in [4.78, 5) is 66.4. The molecule has 12 aromatic rings. The summed E-state index contributed by atoms with van der Waals surface area (Å²) in [6.45, 7) is 25.9. The lowest BCUT2D eigenvalue weighted by molar-refractivity contribution is -0.120. The van der Waals surface area contributed by atoms with Crippen molar-refractivity contribution in [3.05, 3.63) is 255 Å². The van der Waals surface area contributed by atoms with Gasteiger partial charge >= 0.3 is 16.9 Å². The van der Waals surface area contributed by atoms with Crippen LogP contribution in [-0.2, 0) is 4.79 Å². The minimum absolute atomic E-state index is 0.422. The molecule has 0 aliphatic rings. The van der Waals surface area contributed by atoms with Gasteiger partial charge in [-0.05, 0) is 236 Å². The standard InChI is InChI=1S/C83H80N6O8/c1-10-84(11-2)70-38-26-60(77(50-70)94-54-90)46-55(9)56-18-30-64(31-19-56)88(65-32-20-57(21-33-65)74-47-61-27-39-71(85(12-3)13-4)51-78(61)95-81(74)91)68-42-44-69(45-43-68)89(66-34-22-58(23-35-66)75-48-62-28-40-72(86(14-5)15-6)52-79(62)96-82(75)92)67-36-24-59(25-37-67)76-49-63-29-41-73(87(16-7)17-8)53-80(63)97-83(76)93/h18-54H,10-17H2,1-9H3/b55-46+. The highest BCUT2D eigenvalue weighted by Gasteiger charge is 2.21. The number of fused-ring (bicyclic) bond motifs is 3. The average molecular weight is 1290 g/mol. The van der Waals surface area contributed by atoms with E-state index in [2.05, 4.69) is 152 Å². The largest absolute Gasteiger partial charge is 0.428 e. The molecule has 0 unspecified atom stereocenters. The molecule has 14 heteroatoms. The molecule has 14 nitrogen and oxygen atoms in total. The predicted molar refractivity (Wildman–Crippen MR) is 401 cm³/mol. The first-order chi connectivity index (χ1) is 47.3. The Kier molecular flexibility index (Phi) is 19.7. The Bertz CT molecular complexity index is 4850. The van der Waals surface area contributed by atoms with Gasteiger partial charge in [-0.2, -0.15) is 0 Å². The number of nitrogens with zero attached hydrogens (tertiary/aromatic N) is 6. The zero-order valence-electron chi connectivity index (χ0n) is 56.5. The molecule has 0 spiro atoms. The van der Waals surface area contributed by atoms with E-state index in [9.17, 15) is 19.2 Å². The van der Waals surface area contributed by atoms with E-state index in [0.29, 0.717) is 62.4 Å². The molecule has 0 amide bonds. The zero-order chi connectivity index (χ0) is 67.9. The van der Waals surface area contributed by atoms with Crippen LogP contribution in [-0.4, -0.2) is 58.8 Å². The normalized spacial score (nSPS) is 11.5. The van der Waals surface area contributed by atoms with Crippen molar-refractivity contribution in [2.75, 3.05) is 81.8 Å². The van der Waals surface area contributed by atoms with Crippen LogP contribution in [0, 0.1) is 0 Å². The first-order valence-corrected chi connectivity index (χ1v) is 33.6. The van der Waals surface area contributed by atoms with Crippen LogP contribution in [0.1, 0.15) is 73.4 Å². The van der Waals surface area contributed by atoms with Crippen LogP contribution in [0.4, 0.5) is 56.9 Å². The molecule has 0 fully saturated rings. The Hall–Kier alpha value is -11.4. The third-order valence-electron chi connectivity index (χ3n) is 18.5. The topological polar surface area (TPSA) is 136 Å². The summed E-state index contributed by atoms with van der Waals surface area (Å²) in [6, 6.07) is 70.0. The molecule has 490 valence electrons. The number of carbonyl (C=O) groups excluding carboxylic acids is 1. The summed E-state index contributed by atoms with van der Waals surface area (Å²) in [7, 11) is 0. The van der Waals surface area contributed by atoms with Crippen molar-refractivity contribution >= 4 is 108 Å². The second-order valence-corrected chi connectivity index (χ2v) is 23.8. The van der Waals surface area contributed by atoms with Gasteiger partial charge in [-0.1, -0.05) is 48.5 Å². The van der Waals surface area contributed by atoms with E-state index in [-0.39, 0.29) is 0 Å². The van der Waals surface area contributed by atoms with Crippen molar-refractivity contribution in [2.24, 2.45) is 0 Å². The number of hydrogen-bond donors (Lipinski definition) is 0. The molecule has 9 aromatic carbocycles. The Balaban J connectivity index is 0.929. The molecule has 0 atom stereocenters. The molecule has 0 N–H and O–H groups in total. The fourth-order valence-electron chi connectivity index (χ4n) is 13.0. The van der Waals surface area contributed by atoms with Crippen LogP contribution in [0.25, 0.3) is 77.9 Å². The molecule has 3 aromatic heterocycles. The second-order valence-electron chi connectivity index (χ2n) is 23.8. The summed E-state index contributed by atoms with van der Waals surface area (Å²) >= 11 is 0. The van der Waals surface area contributed by atoms with Gasteiger partial charge in [0.15, 0.2) is 0 Å². The summed E-state index contributed by atoms with van der Waals surface area (Å²) < 4.78 is 23.6. The van der Waals surface area contributed by atoms with Crippen LogP contribution in [0.2, 0.25) is 0 Å².